The second-order valence-electron chi connectivity index (χ2n) is 3.75. The van der Waals surface area contributed by atoms with Crippen LogP contribution >= 0.6 is 11.6 Å². The number of hydrogen-bond acceptors (Lipinski definition) is 3. The van der Waals surface area contributed by atoms with Crippen LogP contribution in [0.4, 0.5) is 5.82 Å². The van der Waals surface area contributed by atoms with Crippen molar-refractivity contribution < 1.29 is 4.79 Å². The largest absolute Gasteiger partial charge is 0.384 e. The second-order valence-corrected chi connectivity index (χ2v) is 4.16. The minimum absolute atomic E-state index is 0.128. The number of aromatic nitrogens is 1. The van der Waals surface area contributed by atoms with Crippen LogP contribution < -0.4 is 11.1 Å². The summed E-state index contributed by atoms with van der Waals surface area (Å²) in [5.41, 5.74) is 5.88. The number of nitrogens with one attached hydrogen (secondary N) is 1. The number of nitrogens with zero attached hydrogens (tertiary/aromatic N) is 1. The highest BCUT2D eigenvalue weighted by molar-refractivity contribution is 6.33. The summed E-state index contributed by atoms with van der Waals surface area (Å²) in [6.07, 6.45) is 3.34. The molecular weight excluding hydrogens is 226 g/mol. The highest BCUT2D eigenvalue weighted by Crippen LogP contribution is 2.16. The van der Waals surface area contributed by atoms with E-state index in [2.05, 4.69) is 17.2 Å². The number of anilines is 1. The molecule has 0 saturated heterocycles. The van der Waals surface area contributed by atoms with Gasteiger partial charge in [0.25, 0.3) is 5.91 Å². The van der Waals surface area contributed by atoms with Gasteiger partial charge in [0.05, 0.1) is 10.6 Å². The van der Waals surface area contributed by atoms with Gasteiger partial charge in [-0.05, 0) is 19.4 Å². The van der Waals surface area contributed by atoms with Gasteiger partial charge in [-0.1, -0.05) is 24.9 Å². The highest BCUT2D eigenvalue weighted by atomic mass is 35.5. The van der Waals surface area contributed by atoms with E-state index in [9.17, 15) is 4.79 Å². The van der Waals surface area contributed by atoms with Crippen molar-refractivity contribution in [3.63, 3.8) is 0 Å². The molecule has 0 bridgehead atoms. The zero-order valence-corrected chi connectivity index (χ0v) is 10.2. The van der Waals surface area contributed by atoms with Crippen molar-refractivity contribution in [1.82, 2.24) is 10.3 Å². The fraction of sp³-hybridized carbons (Fsp3) is 0.455. The van der Waals surface area contributed by atoms with E-state index in [1.165, 1.54) is 12.3 Å². The first-order valence-corrected chi connectivity index (χ1v) is 5.64. The molecule has 16 heavy (non-hydrogen) atoms. The number of carbonyl (C=O) groups is 1. The molecule has 0 radical (unpaired) electrons. The predicted octanol–water partition coefficient (Wildman–Crippen LogP) is 2.24. The molecule has 0 spiro atoms. The zero-order valence-electron chi connectivity index (χ0n) is 9.46. The van der Waals surface area contributed by atoms with Crippen molar-refractivity contribution in [2.24, 2.45) is 0 Å². The van der Waals surface area contributed by atoms with Crippen molar-refractivity contribution in [2.45, 2.75) is 32.7 Å². The number of amides is 1. The third kappa shape index (κ3) is 3.38. The van der Waals surface area contributed by atoms with Crippen molar-refractivity contribution >= 4 is 23.3 Å². The standard InChI is InChI=1S/C11H16ClN3O/c1-3-4-7(2)15-11(16)8-5-10(13)14-6-9(8)12/h5-7H,3-4H2,1-2H3,(H2,13,14)(H,15,16). The summed E-state index contributed by atoms with van der Waals surface area (Å²) in [5.74, 6) is 0.0812. The molecule has 1 rings (SSSR count). The monoisotopic (exact) mass is 241 g/mol. The Morgan fingerprint density at radius 2 is 2.38 bits per heavy atom. The van der Waals surface area contributed by atoms with Crippen LogP contribution in [0.2, 0.25) is 5.02 Å². The molecule has 5 heteroatoms. The normalized spacial score (nSPS) is 12.2. The minimum atomic E-state index is -0.208. The van der Waals surface area contributed by atoms with Gasteiger partial charge in [0.1, 0.15) is 5.82 Å². The minimum Gasteiger partial charge on any atom is -0.384 e. The molecule has 0 fully saturated rings. The highest BCUT2D eigenvalue weighted by Gasteiger charge is 2.13. The molecule has 1 unspecified atom stereocenters. The van der Waals surface area contributed by atoms with Crippen LogP contribution in [0.5, 0.6) is 0 Å². The molecule has 0 saturated carbocycles. The zero-order chi connectivity index (χ0) is 12.1. The molecule has 1 aromatic rings. The van der Waals surface area contributed by atoms with E-state index in [1.807, 2.05) is 6.92 Å². The van der Waals surface area contributed by atoms with Crippen LogP contribution in [0, 0.1) is 0 Å². The number of nitrogens with two attached hydrogens (primary N) is 1. The molecule has 0 aromatic carbocycles. The number of nitrogen functional groups attached to an aromatic ring is 1. The van der Waals surface area contributed by atoms with Gasteiger partial charge in [0, 0.05) is 12.2 Å². The first-order chi connectivity index (χ1) is 7.54. The lowest BCUT2D eigenvalue weighted by Gasteiger charge is -2.13. The molecule has 88 valence electrons. The summed E-state index contributed by atoms with van der Waals surface area (Å²) < 4.78 is 0. The fourth-order valence-electron chi connectivity index (χ4n) is 1.44. The summed E-state index contributed by atoms with van der Waals surface area (Å²) in [7, 11) is 0. The van der Waals surface area contributed by atoms with E-state index in [0.717, 1.165) is 12.8 Å². The topological polar surface area (TPSA) is 68.0 Å². The average molecular weight is 242 g/mol. The Labute approximate surface area is 100 Å². The Bertz CT molecular complexity index is 381. The van der Waals surface area contributed by atoms with Gasteiger partial charge in [-0.2, -0.15) is 0 Å². The van der Waals surface area contributed by atoms with E-state index in [0.29, 0.717) is 10.6 Å². The molecule has 4 nitrogen and oxygen atoms in total. The molecule has 0 aliphatic carbocycles. The number of carbonyl (C=O) groups excluding carboxylic acids is 1. The average Bonchev–Trinajstić information content (AvgIpc) is 2.21. The summed E-state index contributed by atoms with van der Waals surface area (Å²) in [4.78, 5) is 15.6. The molecule has 1 amide bonds. The quantitative estimate of drug-likeness (QED) is 0.850. The number of hydrogen-bond donors (Lipinski definition) is 2. The van der Waals surface area contributed by atoms with Crippen LogP contribution in [0.1, 0.15) is 37.0 Å². The smallest absolute Gasteiger partial charge is 0.253 e. The fourth-order valence-corrected chi connectivity index (χ4v) is 1.62. The maximum atomic E-state index is 11.8. The maximum absolute atomic E-state index is 11.8. The van der Waals surface area contributed by atoms with Crippen molar-refractivity contribution in [3.05, 3.63) is 22.8 Å². The predicted molar refractivity (Wildman–Crippen MR) is 65.5 cm³/mol. The number of pyridine rings is 1. The Balaban J connectivity index is 2.76. The van der Waals surface area contributed by atoms with E-state index < -0.39 is 0 Å². The van der Waals surface area contributed by atoms with Gasteiger partial charge >= 0.3 is 0 Å². The Morgan fingerprint density at radius 3 is 3.00 bits per heavy atom. The third-order valence-corrected chi connectivity index (χ3v) is 2.52. The van der Waals surface area contributed by atoms with Crippen molar-refractivity contribution in [2.75, 3.05) is 5.73 Å². The Hall–Kier alpha value is -1.29. The third-order valence-electron chi connectivity index (χ3n) is 2.22. The Morgan fingerprint density at radius 1 is 1.69 bits per heavy atom. The van der Waals surface area contributed by atoms with Crippen LogP contribution in [-0.4, -0.2) is 16.9 Å². The molecule has 0 aliphatic heterocycles. The lowest BCUT2D eigenvalue weighted by molar-refractivity contribution is 0.0938. The van der Waals surface area contributed by atoms with Crippen molar-refractivity contribution in [3.8, 4) is 0 Å². The summed E-state index contributed by atoms with van der Waals surface area (Å²) in [6, 6.07) is 1.61. The summed E-state index contributed by atoms with van der Waals surface area (Å²) >= 11 is 5.87. The molecule has 1 aromatic heterocycles. The van der Waals surface area contributed by atoms with Gasteiger partial charge in [-0.25, -0.2) is 4.98 Å². The number of halogens is 1. The van der Waals surface area contributed by atoms with Gasteiger partial charge in [-0.3, -0.25) is 4.79 Å². The molecular formula is C11H16ClN3O. The van der Waals surface area contributed by atoms with E-state index in [1.54, 1.807) is 0 Å². The Kier molecular flexibility index (Phi) is 4.55. The second kappa shape index (κ2) is 5.70. The van der Waals surface area contributed by atoms with E-state index >= 15 is 0 Å². The van der Waals surface area contributed by atoms with Gasteiger partial charge in [0.15, 0.2) is 0 Å². The van der Waals surface area contributed by atoms with E-state index in [4.69, 9.17) is 17.3 Å². The van der Waals surface area contributed by atoms with Gasteiger partial charge in [0.2, 0.25) is 0 Å². The summed E-state index contributed by atoms with van der Waals surface area (Å²) in [6.45, 7) is 4.03. The maximum Gasteiger partial charge on any atom is 0.253 e. The van der Waals surface area contributed by atoms with Crippen LogP contribution in [0.3, 0.4) is 0 Å². The summed E-state index contributed by atoms with van der Waals surface area (Å²) in [5, 5.41) is 3.17. The molecule has 1 heterocycles. The SMILES string of the molecule is CCCC(C)NC(=O)c1cc(N)ncc1Cl. The molecule has 3 N–H and O–H groups in total. The lowest BCUT2D eigenvalue weighted by atomic mass is 10.1. The molecule has 1 atom stereocenters. The van der Waals surface area contributed by atoms with Crippen LogP contribution in [0.25, 0.3) is 0 Å². The lowest BCUT2D eigenvalue weighted by Crippen LogP contribution is -2.32. The van der Waals surface area contributed by atoms with Crippen LogP contribution in [-0.2, 0) is 0 Å². The first-order valence-electron chi connectivity index (χ1n) is 5.26. The van der Waals surface area contributed by atoms with Crippen LogP contribution in [0.15, 0.2) is 12.3 Å². The van der Waals surface area contributed by atoms with Gasteiger partial charge < -0.3 is 11.1 Å². The first kappa shape index (κ1) is 12.8. The van der Waals surface area contributed by atoms with Crippen molar-refractivity contribution in [1.29, 1.82) is 0 Å². The van der Waals surface area contributed by atoms with Gasteiger partial charge in [-0.15, -0.1) is 0 Å². The van der Waals surface area contributed by atoms with E-state index in [-0.39, 0.29) is 17.8 Å². The molecule has 0 aliphatic rings. The number of rotatable bonds is 4.